The smallest absolute Gasteiger partial charge is 0.358 e. The van der Waals surface area contributed by atoms with E-state index in [1.54, 1.807) is 0 Å². The Labute approximate surface area is 176 Å². The molecule has 0 bridgehead atoms. The van der Waals surface area contributed by atoms with Gasteiger partial charge in [-0.05, 0) is 23.8 Å². The molecule has 0 saturated carbocycles. The zero-order valence-corrected chi connectivity index (χ0v) is 17.7. The first-order valence-corrected chi connectivity index (χ1v) is 9.46. The van der Waals surface area contributed by atoms with Crippen molar-refractivity contribution in [1.82, 2.24) is 0 Å². The summed E-state index contributed by atoms with van der Waals surface area (Å²) in [5.74, 6) is 0. The van der Waals surface area contributed by atoms with Gasteiger partial charge in [-0.3, -0.25) is 6.08 Å². The van der Waals surface area contributed by atoms with Gasteiger partial charge < -0.3 is 14.9 Å². The Morgan fingerprint density at radius 1 is 0.593 bits per heavy atom. The van der Waals surface area contributed by atoms with Gasteiger partial charge in [0.25, 0.3) is 0 Å². The molecular formula is C25H26NiP. The van der Waals surface area contributed by atoms with Crippen LogP contribution < -0.4 is 15.9 Å². The first kappa shape index (κ1) is 25.1. The van der Waals surface area contributed by atoms with Crippen LogP contribution in [0.5, 0.6) is 0 Å². The Bertz CT molecular complexity index is 676. The van der Waals surface area contributed by atoms with Gasteiger partial charge in [-0.2, -0.15) is 6.08 Å². The quantitative estimate of drug-likeness (QED) is 0.294. The fourth-order valence-electron chi connectivity index (χ4n) is 2.52. The van der Waals surface area contributed by atoms with Gasteiger partial charge in [0, 0.05) is 0 Å². The van der Waals surface area contributed by atoms with Gasteiger partial charge in [-0.15, -0.1) is 6.42 Å². The molecule has 0 atom stereocenters. The number of allylic oxidation sites excluding steroid dienone is 4. The van der Waals surface area contributed by atoms with Crippen molar-refractivity contribution >= 4 is 23.8 Å². The van der Waals surface area contributed by atoms with Gasteiger partial charge >= 0.3 is 16.5 Å². The topological polar surface area (TPSA) is 0 Å². The summed E-state index contributed by atoms with van der Waals surface area (Å²) in [6.45, 7) is 0. The Hall–Kier alpha value is -1.94. The predicted octanol–water partition coefficient (Wildman–Crippen LogP) is 5.65. The van der Waals surface area contributed by atoms with E-state index in [1.807, 2.05) is 12.2 Å². The van der Waals surface area contributed by atoms with Crippen molar-refractivity contribution < 1.29 is 16.5 Å². The van der Waals surface area contributed by atoms with Crippen LogP contribution in [-0.2, 0) is 16.5 Å². The minimum atomic E-state index is -0.446. The van der Waals surface area contributed by atoms with E-state index < -0.39 is 7.92 Å². The monoisotopic (exact) mass is 415 g/mol. The summed E-state index contributed by atoms with van der Waals surface area (Å²) in [7, 11) is -0.446. The second-order valence-corrected chi connectivity index (χ2v) is 7.57. The molecule has 0 spiro atoms. The first-order valence-electron chi connectivity index (χ1n) is 8.12. The van der Waals surface area contributed by atoms with E-state index in [1.165, 1.54) is 15.9 Å². The standard InChI is InChI=1S/C18H15P.C5H5.2CH3.Ni/c1-4-10-16(11-5-1)19(17-12-6-2-7-13-17)18-14-8-3-9-15-18;1-2-4-5-3-1;;;/h1-15H;1-3H,4H2;2*1H3;/q;3*-1;+3. The number of rotatable bonds is 3. The molecule has 0 N–H and O–H groups in total. The fraction of sp³-hybridized carbons (Fsp3) is 0.0400. The number of benzene rings is 3. The minimum absolute atomic E-state index is 0. The molecule has 0 aliphatic heterocycles. The van der Waals surface area contributed by atoms with Crippen LogP contribution in [0.25, 0.3) is 0 Å². The van der Waals surface area contributed by atoms with Gasteiger partial charge in [0.05, 0.1) is 0 Å². The maximum absolute atomic E-state index is 2.99. The fourth-order valence-corrected chi connectivity index (χ4v) is 4.82. The van der Waals surface area contributed by atoms with Crippen molar-refractivity contribution in [2.24, 2.45) is 0 Å². The SMILES string of the molecule is [C-]1=CC=CC1.[CH3-].[CH3-].[Ni+3].c1ccc(P(c2ccccc2)c2ccccc2)cc1. The minimum Gasteiger partial charge on any atom is -0.358 e. The zero-order valence-electron chi connectivity index (χ0n) is 15.9. The Kier molecular flexibility index (Phi) is 13.1. The van der Waals surface area contributed by atoms with Crippen molar-refractivity contribution in [2.75, 3.05) is 0 Å². The van der Waals surface area contributed by atoms with Crippen LogP contribution in [0.1, 0.15) is 6.42 Å². The van der Waals surface area contributed by atoms with Crippen molar-refractivity contribution in [1.29, 1.82) is 0 Å². The van der Waals surface area contributed by atoms with Crippen LogP contribution in [0.15, 0.2) is 109 Å². The third kappa shape index (κ3) is 7.68. The molecule has 0 saturated heterocycles. The predicted molar refractivity (Wildman–Crippen MR) is 120 cm³/mol. The molecule has 3 aromatic rings. The Morgan fingerprint density at radius 2 is 0.963 bits per heavy atom. The number of hydrogen-bond acceptors (Lipinski definition) is 0. The molecule has 0 amide bonds. The molecule has 0 nitrogen and oxygen atoms in total. The molecule has 0 fully saturated rings. The molecule has 141 valence electrons. The van der Waals surface area contributed by atoms with Crippen LogP contribution >= 0.6 is 7.92 Å². The molecule has 4 rings (SSSR count). The Morgan fingerprint density at radius 3 is 1.19 bits per heavy atom. The molecular weight excluding hydrogens is 390 g/mol. The van der Waals surface area contributed by atoms with E-state index in [2.05, 4.69) is 103 Å². The van der Waals surface area contributed by atoms with E-state index in [9.17, 15) is 0 Å². The average Bonchev–Trinajstić information content (AvgIpc) is 3.25. The maximum atomic E-state index is 2.99. The summed E-state index contributed by atoms with van der Waals surface area (Å²) in [5.41, 5.74) is 0. The summed E-state index contributed by atoms with van der Waals surface area (Å²) < 4.78 is 0. The molecule has 0 unspecified atom stereocenters. The van der Waals surface area contributed by atoms with Crippen molar-refractivity contribution in [3.05, 3.63) is 130 Å². The molecule has 27 heavy (non-hydrogen) atoms. The second kappa shape index (κ2) is 14.2. The van der Waals surface area contributed by atoms with E-state index in [0.717, 1.165) is 6.42 Å². The Balaban J connectivity index is 0.000000742. The van der Waals surface area contributed by atoms with Crippen molar-refractivity contribution in [3.63, 3.8) is 0 Å². The molecule has 1 radical (unpaired) electrons. The van der Waals surface area contributed by atoms with Crippen LogP contribution in [0.2, 0.25) is 0 Å². The summed E-state index contributed by atoms with van der Waals surface area (Å²) in [6.07, 6.45) is 10.0. The second-order valence-electron chi connectivity index (χ2n) is 5.35. The van der Waals surface area contributed by atoms with Crippen LogP contribution in [0.4, 0.5) is 0 Å². The molecule has 1 aliphatic carbocycles. The van der Waals surface area contributed by atoms with Gasteiger partial charge in [-0.1, -0.05) is 91.0 Å². The summed E-state index contributed by atoms with van der Waals surface area (Å²) in [4.78, 5) is 0. The van der Waals surface area contributed by atoms with Crippen LogP contribution in [0, 0.1) is 20.9 Å². The van der Waals surface area contributed by atoms with Gasteiger partial charge in [0.15, 0.2) is 0 Å². The van der Waals surface area contributed by atoms with Gasteiger partial charge in [-0.25, -0.2) is 12.2 Å². The largest absolute Gasteiger partial charge is 3.00 e. The normalized spacial score (nSPS) is 10.7. The van der Waals surface area contributed by atoms with E-state index >= 15 is 0 Å². The van der Waals surface area contributed by atoms with Crippen LogP contribution in [-0.4, -0.2) is 0 Å². The summed E-state index contributed by atoms with van der Waals surface area (Å²) >= 11 is 0. The van der Waals surface area contributed by atoms with Crippen molar-refractivity contribution in [3.8, 4) is 0 Å². The van der Waals surface area contributed by atoms with Gasteiger partial charge in [0.1, 0.15) is 0 Å². The van der Waals surface area contributed by atoms with Crippen LogP contribution in [0.3, 0.4) is 0 Å². The number of hydrogen-bond donors (Lipinski definition) is 0. The molecule has 3 aromatic carbocycles. The first-order chi connectivity index (χ1) is 11.9. The molecule has 1 aliphatic rings. The summed E-state index contributed by atoms with van der Waals surface area (Å²) in [6, 6.07) is 32.3. The summed E-state index contributed by atoms with van der Waals surface area (Å²) in [5, 5.41) is 4.19. The van der Waals surface area contributed by atoms with Gasteiger partial charge in [0.2, 0.25) is 0 Å². The molecule has 0 aromatic heterocycles. The zero-order chi connectivity index (χ0) is 16.5. The van der Waals surface area contributed by atoms with E-state index in [4.69, 9.17) is 0 Å². The van der Waals surface area contributed by atoms with Crippen molar-refractivity contribution in [2.45, 2.75) is 6.42 Å². The molecule has 2 heteroatoms. The average molecular weight is 416 g/mol. The molecule has 0 heterocycles. The maximum Gasteiger partial charge on any atom is 3.00 e. The third-order valence-electron chi connectivity index (χ3n) is 3.63. The van der Waals surface area contributed by atoms with E-state index in [-0.39, 0.29) is 31.3 Å². The van der Waals surface area contributed by atoms with E-state index in [0.29, 0.717) is 0 Å². The third-order valence-corrected chi connectivity index (χ3v) is 6.07.